The summed E-state index contributed by atoms with van der Waals surface area (Å²) in [4.78, 5) is 21.0. The van der Waals surface area contributed by atoms with Crippen LogP contribution in [0.5, 0.6) is 0 Å². The van der Waals surface area contributed by atoms with Crippen molar-refractivity contribution in [3.63, 3.8) is 0 Å². The summed E-state index contributed by atoms with van der Waals surface area (Å²) in [7, 11) is 0. The van der Waals surface area contributed by atoms with Crippen LogP contribution in [0.2, 0.25) is 10.2 Å². The molecule has 1 amide bonds. The first-order chi connectivity index (χ1) is 10.6. The fourth-order valence-electron chi connectivity index (χ4n) is 3.43. The first kappa shape index (κ1) is 16.0. The van der Waals surface area contributed by atoms with E-state index in [-0.39, 0.29) is 11.1 Å². The van der Waals surface area contributed by atoms with E-state index in [0.29, 0.717) is 16.8 Å². The van der Waals surface area contributed by atoms with E-state index >= 15 is 0 Å². The van der Waals surface area contributed by atoms with Gasteiger partial charge in [0.1, 0.15) is 10.8 Å². The molecule has 120 valence electrons. The van der Waals surface area contributed by atoms with E-state index in [4.69, 9.17) is 23.2 Å². The summed E-state index contributed by atoms with van der Waals surface area (Å²) in [5, 5.41) is 0.564. The molecule has 1 aliphatic carbocycles. The molecule has 0 unspecified atom stereocenters. The number of carbonyl (C=O) groups excluding carboxylic acids is 1. The number of aromatic nitrogens is 1. The van der Waals surface area contributed by atoms with Crippen molar-refractivity contribution in [2.24, 2.45) is 0 Å². The van der Waals surface area contributed by atoms with Gasteiger partial charge in [-0.2, -0.15) is 0 Å². The molecule has 2 aliphatic rings. The largest absolute Gasteiger partial charge is 0.335 e. The fourth-order valence-corrected chi connectivity index (χ4v) is 3.69. The molecule has 0 bridgehead atoms. The van der Waals surface area contributed by atoms with E-state index in [9.17, 15) is 4.79 Å². The minimum absolute atomic E-state index is 0.0538. The Hall–Kier alpha value is -0.840. The summed E-state index contributed by atoms with van der Waals surface area (Å²) >= 11 is 11.7. The minimum Gasteiger partial charge on any atom is -0.335 e. The molecule has 6 heteroatoms. The Bertz CT molecular complexity index is 538. The second kappa shape index (κ2) is 7.16. The molecule has 0 spiro atoms. The fraction of sp³-hybridized carbons (Fsp3) is 0.625. The highest BCUT2D eigenvalue weighted by Crippen LogP contribution is 2.24. The van der Waals surface area contributed by atoms with Crippen LogP contribution in [0.15, 0.2) is 12.1 Å². The lowest BCUT2D eigenvalue weighted by atomic mass is 9.94. The van der Waals surface area contributed by atoms with Gasteiger partial charge in [0.2, 0.25) is 0 Å². The van der Waals surface area contributed by atoms with E-state index in [1.165, 1.54) is 32.1 Å². The molecule has 1 aromatic rings. The Balaban J connectivity index is 1.58. The topological polar surface area (TPSA) is 36.4 Å². The predicted molar refractivity (Wildman–Crippen MR) is 88.6 cm³/mol. The number of rotatable bonds is 2. The van der Waals surface area contributed by atoms with Gasteiger partial charge >= 0.3 is 0 Å². The zero-order valence-corrected chi connectivity index (χ0v) is 14.1. The van der Waals surface area contributed by atoms with E-state index in [2.05, 4.69) is 9.88 Å². The third kappa shape index (κ3) is 3.55. The van der Waals surface area contributed by atoms with Gasteiger partial charge in [0.05, 0.1) is 5.02 Å². The van der Waals surface area contributed by atoms with E-state index in [1.54, 1.807) is 12.1 Å². The van der Waals surface area contributed by atoms with Gasteiger partial charge in [-0.15, -0.1) is 0 Å². The summed E-state index contributed by atoms with van der Waals surface area (Å²) in [5.41, 5.74) is 0.375. The van der Waals surface area contributed by atoms with Gasteiger partial charge in [-0.1, -0.05) is 42.5 Å². The van der Waals surface area contributed by atoms with Crippen LogP contribution in [0.1, 0.15) is 42.6 Å². The van der Waals surface area contributed by atoms with E-state index < -0.39 is 0 Å². The molecular formula is C16H21Cl2N3O. The van der Waals surface area contributed by atoms with Gasteiger partial charge in [0.15, 0.2) is 0 Å². The van der Waals surface area contributed by atoms with Crippen LogP contribution >= 0.6 is 23.2 Å². The standard InChI is InChI=1S/C16H21Cl2N3O/c17-13-6-7-14(19-15(13)18)16(22)21-10-8-20(9-11-21)12-4-2-1-3-5-12/h6-7,12H,1-5,8-11H2. The van der Waals surface area contributed by atoms with Gasteiger partial charge < -0.3 is 4.90 Å². The molecule has 0 aromatic carbocycles. The molecule has 1 aromatic heterocycles. The number of hydrogen-bond acceptors (Lipinski definition) is 3. The smallest absolute Gasteiger partial charge is 0.272 e. The Morgan fingerprint density at radius 3 is 2.36 bits per heavy atom. The molecule has 2 heterocycles. The second-order valence-electron chi connectivity index (χ2n) is 6.09. The maximum atomic E-state index is 12.5. The van der Waals surface area contributed by atoms with E-state index in [1.807, 2.05) is 4.90 Å². The molecule has 0 atom stereocenters. The molecule has 0 radical (unpaired) electrons. The third-order valence-corrected chi connectivity index (χ3v) is 5.40. The molecule has 22 heavy (non-hydrogen) atoms. The Morgan fingerprint density at radius 1 is 1.05 bits per heavy atom. The minimum atomic E-state index is -0.0538. The van der Waals surface area contributed by atoms with Crippen LogP contribution < -0.4 is 0 Å². The second-order valence-corrected chi connectivity index (χ2v) is 6.85. The average molecular weight is 342 g/mol. The Labute approximate surface area is 141 Å². The highest BCUT2D eigenvalue weighted by molar-refractivity contribution is 6.41. The highest BCUT2D eigenvalue weighted by Gasteiger charge is 2.28. The highest BCUT2D eigenvalue weighted by atomic mass is 35.5. The quantitative estimate of drug-likeness (QED) is 0.772. The molecule has 1 aliphatic heterocycles. The zero-order chi connectivity index (χ0) is 15.5. The number of carbonyl (C=O) groups is 1. The number of pyridine rings is 1. The van der Waals surface area contributed by atoms with Gasteiger partial charge in [-0.05, 0) is 25.0 Å². The average Bonchev–Trinajstić information content (AvgIpc) is 2.58. The summed E-state index contributed by atoms with van der Waals surface area (Å²) < 4.78 is 0. The van der Waals surface area contributed by atoms with Gasteiger partial charge in [-0.25, -0.2) is 4.98 Å². The number of piperazine rings is 1. The SMILES string of the molecule is O=C(c1ccc(Cl)c(Cl)n1)N1CCN(C2CCCCC2)CC1. The number of amides is 1. The summed E-state index contributed by atoms with van der Waals surface area (Å²) in [6, 6.07) is 3.99. The lowest BCUT2D eigenvalue weighted by Crippen LogP contribution is -2.52. The first-order valence-electron chi connectivity index (χ1n) is 8.00. The van der Waals surface area contributed by atoms with Crippen molar-refractivity contribution in [1.29, 1.82) is 0 Å². The van der Waals surface area contributed by atoms with Crippen LogP contribution in [-0.4, -0.2) is 52.9 Å². The molecule has 3 rings (SSSR count). The van der Waals surface area contributed by atoms with Crippen molar-refractivity contribution < 1.29 is 4.79 Å². The third-order valence-electron chi connectivity index (χ3n) is 4.71. The van der Waals surface area contributed by atoms with Crippen LogP contribution in [-0.2, 0) is 0 Å². The van der Waals surface area contributed by atoms with Crippen molar-refractivity contribution in [1.82, 2.24) is 14.8 Å². The molecule has 2 fully saturated rings. The maximum absolute atomic E-state index is 12.5. The lowest BCUT2D eigenvalue weighted by Gasteiger charge is -2.40. The van der Waals surface area contributed by atoms with Crippen LogP contribution in [0.3, 0.4) is 0 Å². The molecular weight excluding hydrogens is 321 g/mol. The van der Waals surface area contributed by atoms with E-state index in [0.717, 1.165) is 26.2 Å². The monoisotopic (exact) mass is 341 g/mol. The molecule has 1 saturated heterocycles. The number of nitrogens with zero attached hydrogens (tertiary/aromatic N) is 3. The van der Waals surface area contributed by atoms with Crippen molar-refractivity contribution >= 4 is 29.1 Å². The van der Waals surface area contributed by atoms with Crippen LogP contribution in [0.4, 0.5) is 0 Å². The van der Waals surface area contributed by atoms with Gasteiger partial charge in [-0.3, -0.25) is 9.69 Å². The first-order valence-corrected chi connectivity index (χ1v) is 8.76. The van der Waals surface area contributed by atoms with Crippen molar-refractivity contribution in [3.8, 4) is 0 Å². The van der Waals surface area contributed by atoms with Gasteiger partial charge in [0, 0.05) is 32.2 Å². The summed E-state index contributed by atoms with van der Waals surface area (Å²) in [6.45, 7) is 3.43. The Morgan fingerprint density at radius 2 is 1.73 bits per heavy atom. The summed E-state index contributed by atoms with van der Waals surface area (Å²) in [6.07, 6.45) is 6.68. The molecule has 0 N–H and O–H groups in total. The maximum Gasteiger partial charge on any atom is 0.272 e. The van der Waals surface area contributed by atoms with Crippen molar-refractivity contribution in [2.75, 3.05) is 26.2 Å². The van der Waals surface area contributed by atoms with Crippen molar-refractivity contribution in [3.05, 3.63) is 28.0 Å². The van der Waals surface area contributed by atoms with Gasteiger partial charge in [0.25, 0.3) is 5.91 Å². The molecule has 1 saturated carbocycles. The number of halogens is 2. The predicted octanol–water partition coefficient (Wildman–Crippen LogP) is 3.48. The normalized spacial score (nSPS) is 21.1. The number of hydrogen-bond donors (Lipinski definition) is 0. The van der Waals surface area contributed by atoms with Crippen molar-refractivity contribution in [2.45, 2.75) is 38.1 Å². The van der Waals surface area contributed by atoms with Crippen LogP contribution in [0.25, 0.3) is 0 Å². The Kier molecular flexibility index (Phi) is 5.21. The molecule has 4 nitrogen and oxygen atoms in total. The van der Waals surface area contributed by atoms with Crippen LogP contribution in [0, 0.1) is 0 Å². The summed E-state index contributed by atoms with van der Waals surface area (Å²) in [5.74, 6) is -0.0538. The lowest BCUT2D eigenvalue weighted by molar-refractivity contribution is 0.0518. The zero-order valence-electron chi connectivity index (χ0n) is 12.6.